The van der Waals surface area contributed by atoms with Crippen molar-refractivity contribution in [2.75, 3.05) is 13.1 Å². The summed E-state index contributed by atoms with van der Waals surface area (Å²) >= 11 is 6.28. The van der Waals surface area contributed by atoms with E-state index in [0.29, 0.717) is 24.7 Å². The molecule has 0 saturated carbocycles. The fraction of sp³-hybridized carbons (Fsp3) is 0.733. The minimum Gasteiger partial charge on any atom is -0.444 e. The van der Waals surface area contributed by atoms with Crippen LogP contribution in [0.25, 0.3) is 0 Å². The molecule has 2 heterocycles. The largest absolute Gasteiger partial charge is 0.444 e. The second kappa shape index (κ2) is 7.07. The zero-order valence-corrected chi connectivity index (χ0v) is 14.9. The number of likely N-dealkylation sites (tertiary alicyclic amines) is 1. The van der Waals surface area contributed by atoms with Crippen molar-refractivity contribution in [3.8, 4) is 0 Å². The fourth-order valence-electron chi connectivity index (χ4n) is 2.92. The highest BCUT2D eigenvalue weighted by atomic mass is 35.5. The van der Waals surface area contributed by atoms with Gasteiger partial charge in [0.15, 0.2) is 0 Å². The lowest BCUT2D eigenvalue weighted by Gasteiger charge is -2.26. The Bertz CT molecular complexity index is 555. The number of aryl methyl sites for hydroxylation is 1. The number of hydrogen-bond acceptors (Lipinski definition) is 5. The quantitative estimate of drug-likeness (QED) is 0.647. The standard InChI is InChI=1S/C15H26ClN5O2/c1-5-21-13(11(16)8-18-21)12(19-17)10-6-7-20(9-10)14(22)23-15(2,3)4/h8,10,12,19H,5-7,9,17H2,1-4H3. The van der Waals surface area contributed by atoms with Gasteiger partial charge in [0.1, 0.15) is 5.60 Å². The maximum atomic E-state index is 12.2. The van der Waals surface area contributed by atoms with Crippen molar-refractivity contribution in [2.24, 2.45) is 11.8 Å². The lowest BCUT2D eigenvalue weighted by Crippen LogP contribution is -2.39. The van der Waals surface area contributed by atoms with Gasteiger partial charge in [0, 0.05) is 25.6 Å². The van der Waals surface area contributed by atoms with Crippen molar-refractivity contribution in [3.05, 3.63) is 16.9 Å². The lowest BCUT2D eigenvalue weighted by atomic mass is 9.96. The molecule has 1 fully saturated rings. The van der Waals surface area contributed by atoms with Gasteiger partial charge in [-0.25, -0.2) is 4.79 Å². The van der Waals surface area contributed by atoms with Crippen molar-refractivity contribution < 1.29 is 9.53 Å². The molecule has 0 aliphatic carbocycles. The summed E-state index contributed by atoms with van der Waals surface area (Å²) < 4.78 is 7.27. The van der Waals surface area contributed by atoms with Crippen LogP contribution < -0.4 is 11.3 Å². The van der Waals surface area contributed by atoms with Gasteiger partial charge < -0.3 is 9.64 Å². The van der Waals surface area contributed by atoms with Gasteiger partial charge in [-0.2, -0.15) is 5.10 Å². The molecule has 2 atom stereocenters. The van der Waals surface area contributed by atoms with E-state index in [-0.39, 0.29) is 18.1 Å². The summed E-state index contributed by atoms with van der Waals surface area (Å²) in [6, 6.07) is -0.155. The predicted octanol–water partition coefficient (Wildman–Crippen LogP) is 2.32. The molecule has 1 aliphatic heterocycles. The molecular formula is C15H26ClN5O2. The van der Waals surface area contributed by atoms with Crippen molar-refractivity contribution in [2.45, 2.75) is 52.3 Å². The molecule has 0 aromatic carbocycles. The summed E-state index contributed by atoms with van der Waals surface area (Å²) in [5, 5.41) is 4.85. The van der Waals surface area contributed by atoms with Crippen molar-refractivity contribution >= 4 is 17.7 Å². The van der Waals surface area contributed by atoms with Gasteiger partial charge >= 0.3 is 6.09 Å². The van der Waals surface area contributed by atoms with Crippen LogP contribution in [0.3, 0.4) is 0 Å². The van der Waals surface area contributed by atoms with Crippen molar-refractivity contribution in [1.29, 1.82) is 0 Å². The SMILES string of the molecule is CCn1ncc(Cl)c1C(NN)C1CCN(C(=O)OC(C)(C)C)C1. The third-order valence-corrected chi connectivity index (χ3v) is 4.25. The molecule has 1 saturated heterocycles. The smallest absolute Gasteiger partial charge is 0.410 e. The van der Waals surface area contributed by atoms with Crippen LogP contribution in [0.2, 0.25) is 5.02 Å². The van der Waals surface area contributed by atoms with Crippen LogP contribution in [0.5, 0.6) is 0 Å². The second-order valence-corrected chi connectivity index (χ2v) is 7.22. The molecule has 1 amide bonds. The van der Waals surface area contributed by atoms with Crippen LogP contribution in [0.4, 0.5) is 4.79 Å². The van der Waals surface area contributed by atoms with E-state index in [2.05, 4.69) is 10.5 Å². The number of aromatic nitrogens is 2. The molecule has 1 aliphatic rings. The molecule has 0 bridgehead atoms. The number of rotatable bonds is 4. The van der Waals surface area contributed by atoms with E-state index >= 15 is 0 Å². The number of hydrazine groups is 1. The van der Waals surface area contributed by atoms with Gasteiger partial charge in [0.05, 0.1) is 23.0 Å². The van der Waals surface area contributed by atoms with Crippen LogP contribution in [0.1, 0.15) is 45.9 Å². The Hall–Kier alpha value is -1.31. The van der Waals surface area contributed by atoms with E-state index in [1.54, 1.807) is 11.1 Å². The van der Waals surface area contributed by atoms with Gasteiger partial charge in [0.25, 0.3) is 0 Å². The molecule has 1 aromatic rings. The predicted molar refractivity (Wildman–Crippen MR) is 88.9 cm³/mol. The zero-order chi connectivity index (χ0) is 17.2. The number of halogens is 1. The topological polar surface area (TPSA) is 85.4 Å². The minimum atomic E-state index is -0.495. The Labute approximate surface area is 142 Å². The first kappa shape index (κ1) is 18.0. The number of carbonyl (C=O) groups excluding carboxylic acids is 1. The third-order valence-electron chi connectivity index (χ3n) is 3.95. The van der Waals surface area contributed by atoms with E-state index in [9.17, 15) is 4.79 Å². The summed E-state index contributed by atoms with van der Waals surface area (Å²) in [6.07, 6.45) is 2.18. The summed E-state index contributed by atoms with van der Waals surface area (Å²) in [7, 11) is 0. The number of nitrogens with two attached hydrogens (primary N) is 1. The number of carbonyl (C=O) groups is 1. The summed E-state index contributed by atoms with van der Waals surface area (Å²) in [4.78, 5) is 13.9. The first-order chi connectivity index (χ1) is 10.8. The average Bonchev–Trinajstić information content (AvgIpc) is 3.06. The molecule has 2 unspecified atom stereocenters. The van der Waals surface area contributed by atoms with E-state index in [1.165, 1.54) is 0 Å². The molecular weight excluding hydrogens is 318 g/mol. The van der Waals surface area contributed by atoms with Crippen LogP contribution in [0.15, 0.2) is 6.20 Å². The van der Waals surface area contributed by atoms with Gasteiger partial charge in [-0.3, -0.25) is 16.0 Å². The monoisotopic (exact) mass is 343 g/mol. The highest BCUT2D eigenvalue weighted by Gasteiger charge is 2.36. The van der Waals surface area contributed by atoms with Gasteiger partial charge in [-0.15, -0.1) is 0 Å². The molecule has 1 aromatic heterocycles. The minimum absolute atomic E-state index is 0.155. The molecule has 2 rings (SSSR count). The van der Waals surface area contributed by atoms with Crippen molar-refractivity contribution in [3.63, 3.8) is 0 Å². The van der Waals surface area contributed by atoms with Crippen LogP contribution in [-0.4, -0.2) is 39.5 Å². The Morgan fingerprint density at radius 1 is 1.61 bits per heavy atom. The first-order valence-electron chi connectivity index (χ1n) is 7.92. The van der Waals surface area contributed by atoms with E-state index < -0.39 is 5.60 Å². The van der Waals surface area contributed by atoms with E-state index in [4.69, 9.17) is 22.2 Å². The Balaban J connectivity index is 2.10. The normalized spacial score (nSPS) is 19.9. The Morgan fingerprint density at radius 3 is 2.87 bits per heavy atom. The molecule has 0 spiro atoms. The first-order valence-corrected chi connectivity index (χ1v) is 8.30. The van der Waals surface area contributed by atoms with Crippen molar-refractivity contribution in [1.82, 2.24) is 20.1 Å². The van der Waals surface area contributed by atoms with Gasteiger partial charge in [-0.05, 0) is 34.1 Å². The summed E-state index contributed by atoms with van der Waals surface area (Å²) in [5.41, 5.74) is 3.22. The number of ether oxygens (including phenoxy) is 1. The molecule has 8 heteroatoms. The Kier molecular flexibility index (Phi) is 5.54. The highest BCUT2D eigenvalue weighted by molar-refractivity contribution is 6.31. The maximum Gasteiger partial charge on any atom is 0.410 e. The summed E-state index contributed by atoms with van der Waals surface area (Å²) in [6.45, 7) is 9.53. The second-order valence-electron chi connectivity index (χ2n) is 6.81. The van der Waals surface area contributed by atoms with Gasteiger partial charge in [0.2, 0.25) is 0 Å². The van der Waals surface area contributed by atoms with Crippen LogP contribution in [0, 0.1) is 5.92 Å². The summed E-state index contributed by atoms with van der Waals surface area (Å²) in [5.74, 6) is 5.93. The molecule has 130 valence electrons. The molecule has 7 nitrogen and oxygen atoms in total. The number of amides is 1. The third kappa shape index (κ3) is 4.16. The number of hydrogen-bond donors (Lipinski definition) is 2. The maximum absolute atomic E-state index is 12.2. The Morgan fingerprint density at radius 2 is 2.30 bits per heavy atom. The zero-order valence-electron chi connectivity index (χ0n) is 14.2. The molecule has 23 heavy (non-hydrogen) atoms. The van der Waals surface area contributed by atoms with Gasteiger partial charge in [-0.1, -0.05) is 11.6 Å². The number of nitrogens with one attached hydrogen (secondary N) is 1. The van der Waals surface area contributed by atoms with Crippen LogP contribution >= 0.6 is 11.6 Å². The van der Waals surface area contributed by atoms with E-state index in [0.717, 1.165) is 12.1 Å². The van der Waals surface area contributed by atoms with Crippen LogP contribution in [-0.2, 0) is 11.3 Å². The molecule has 0 radical (unpaired) electrons. The lowest BCUT2D eigenvalue weighted by molar-refractivity contribution is 0.0285. The average molecular weight is 344 g/mol. The molecule has 3 N–H and O–H groups in total. The van der Waals surface area contributed by atoms with E-state index in [1.807, 2.05) is 32.4 Å². The number of nitrogens with zero attached hydrogens (tertiary/aromatic N) is 3. The highest BCUT2D eigenvalue weighted by Crippen LogP contribution is 2.33. The fourth-order valence-corrected chi connectivity index (χ4v) is 3.18.